The zero-order valence-corrected chi connectivity index (χ0v) is 24.6. The van der Waals surface area contributed by atoms with Crippen molar-refractivity contribution in [2.45, 2.75) is 93.9 Å². The molecule has 0 bridgehead atoms. The van der Waals surface area contributed by atoms with Crippen LogP contribution in [0.2, 0.25) is 0 Å². The summed E-state index contributed by atoms with van der Waals surface area (Å²) in [7, 11) is 0. The van der Waals surface area contributed by atoms with Crippen molar-refractivity contribution in [3.05, 3.63) is 42.1 Å². The molecule has 2 aliphatic heterocycles. The summed E-state index contributed by atoms with van der Waals surface area (Å²) in [5.74, 6) is -0.472. The minimum Gasteiger partial charge on any atom is -0.459 e. The molecule has 0 spiro atoms. The normalized spacial score (nSPS) is 18.7. The van der Waals surface area contributed by atoms with Crippen LogP contribution in [0.1, 0.15) is 72.9 Å². The number of hydrogen-bond donors (Lipinski definition) is 2. The number of carbonyl (C=O) groups excluding carboxylic acids is 2. The number of anilines is 1. The van der Waals surface area contributed by atoms with Gasteiger partial charge in [-0.2, -0.15) is 0 Å². The molecule has 39 heavy (non-hydrogen) atoms. The lowest BCUT2D eigenvalue weighted by Crippen LogP contribution is -2.55. The Morgan fingerprint density at radius 1 is 1.05 bits per heavy atom. The highest BCUT2D eigenvalue weighted by molar-refractivity contribution is 7.99. The fourth-order valence-corrected chi connectivity index (χ4v) is 5.42. The number of amides is 1. The molecule has 3 N–H and O–H groups in total. The Morgan fingerprint density at radius 2 is 1.72 bits per heavy atom. The van der Waals surface area contributed by atoms with Crippen LogP contribution >= 0.6 is 11.8 Å². The highest BCUT2D eigenvalue weighted by Gasteiger charge is 2.43. The number of fused-ring (bicyclic) bond motifs is 1. The van der Waals surface area contributed by atoms with Crippen LogP contribution in [0.25, 0.3) is 0 Å². The molecular weight excluding hydrogens is 514 g/mol. The molecule has 9 nitrogen and oxygen atoms in total. The number of likely N-dealkylation sites (tertiary alicyclic amines) is 1. The van der Waals surface area contributed by atoms with E-state index in [0.717, 1.165) is 9.92 Å². The van der Waals surface area contributed by atoms with Gasteiger partial charge in [-0.05, 0) is 91.6 Å². The fraction of sp³-hybridized carbons (Fsp3) is 0.517. The Balaban J connectivity index is 1.54. The number of alkyl carbamates (subject to hydrolysis) is 1. The number of nitrogens with one attached hydrogen (secondary N) is 1. The molecule has 1 amide bonds. The Morgan fingerprint density at radius 3 is 2.33 bits per heavy atom. The molecule has 4 rings (SSSR count). The van der Waals surface area contributed by atoms with Crippen LogP contribution in [0, 0.1) is 0 Å². The van der Waals surface area contributed by atoms with Crippen molar-refractivity contribution in [1.29, 1.82) is 0 Å². The maximum atomic E-state index is 13.5. The highest BCUT2D eigenvalue weighted by Crippen LogP contribution is 2.40. The van der Waals surface area contributed by atoms with Crippen molar-refractivity contribution in [3.63, 3.8) is 0 Å². The molecule has 2 aliphatic rings. The molecule has 1 atom stereocenters. The van der Waals surface area contributed by atoms with E-state index in [1.807, 2.05) is 84.9 Å². The summed E-state index contributed by atoms with van der Waals surface area (Å²) in [4.78, 5) is 38.8. The van der Waals surface area contributed by atoms with Gasteiger partial charge >= 0.3 is 12.1 Å². The maximum Gasteiger partial charge on any atom is 0.408 e. The van der Waals surface area contributed by atoms with Crippen LogP contribution in [0.4, 0.5) is 16.2 Å². The number of aromatic nitrogens is 1. The first kappa shape index (κ1) is 28.7. The van der Waals surface area contributed by atoms with E-state index < -0.39 is 28.8 Å². The van der Waals surface area contributed by atoms with Gasteiger partial charge in [-0.3, -0.25) is 4.79 Å². The average molecular weight is 554 g/mol. The van der Waals surface area contributed by atoms with E-state index in [-0.39, 0.29) is 5.97 Å². The van der Waals surface area contributed by atoms with Gasteiger partial charge in [0.1, 0.15) is 22.1 Å². The molecule has 3 heterocycles. The topological polar surface area (TPSA) is 119 Å². The van der Waals surface area contributed by atoms with Crippen LogP contribution in [-0.4, -0.2) is 57.6 Å². The second-order valence-electron chi connectivity index (χ2n) is 12.3. The van der Waals surface area contributed by atoms with Crippen molar-refractivity contribution in [1.82, 2.24) is 15.2 Å². The third-order valence-electron chi connectivity index (χ3n) is 6.36. The number of nitrogens with two attached hydrogens (primary N) is 1. The minimum atomic E-state index is -0.733. The van der Waals surface area contributed by atoms with Gasteiger partial charge in [0.05, 0.1) is 11.4 Å². The smallest absolute Gasteiger partial charge is 0.408 e. The molecule has 0 saturated carbocycles. The Labute approximate surface area is 234 Å². The molecule has 1 aromatic carbocycles. The number of hydrogen-bond acceptors (Lipinski definition) is 9. The van der Waals surface area contributed by atoms with Gasteiger partial charge in [0.25, 0.3) is 0 Å². The molecule has 10 heteroatoms. The van der Waals surface area contributed by atoms with Crippen LogP contribution < -0.4 is 11.1 Å². The first-order valence-corrected chi connectivity index (χ1v) is 14.0. The number of benzene rings is 1. The molecule has 1 aromatic heterocycles. The summed E-state index contributed by atoms with van der Waals surface area (Å²) in [5, 5.41) is 3.78. The Kier molecular flexibility index (Phi) is 7.89. The number of nitrogen functional groups attached to an aromatic ring is 1. The van der Waals surface area contributed by atoms with Crippen LogP contribution in [0.3, 0.4) is 0 Å². The largest absolute Gasteiger partial charge is 0.459 e. The van der Waals surface area contributed by atoms with Crippen LogP contribution in [0.15, 0.2) is 51.3 Å². The molecule has 1 saturated heterocycles. The Hall–Kier alpha value is -3.27. The van der Waals surface area contributed by atoms with Crippen molar-refractivity contribution in [2.75, 3.05) is 18.8 Å². The Bertz CT molecular complexity index is 1270. The average Bonchev–Trinajstić information content (AvgIpc) is 3.15. The number of esters is 1. The van der Waals surface area contributed by atoms with Gasteiger partial charge in [-0.15, -0.1) is 0 Å². The SMILES string of the molecule is CC1(NC(=O)OC(C)(C)C)CCN(C2=Nc3ccc(Sc4cccc(N)c4)nc3C2C(=O)OC(C)(C)C)CC1. The number of ether oxygens (including phenoxy) is 2. The number of nitrogens with zero attached hydrogens (tertiary/aromatic N) is 3. The number of pyridine rings is 1. The molecule has 1 unspecified atom stereocenters. The summed E-state index contributed by atoms with van der Waals surface area (Å²) < 4.78 is 11.3. The number of rotatable bonds is 4. The molecule has 210 valence electrons. The minimum absolute atomic E-state index is 0.376. The third-order valence-corrected chi connectivity index (χ3v) is 7.29. The van der Waals surface area contributed by atoms with Gasteiger partial charge in [0, 0.05) is 29.2 Å². The van der Waals surface area contributed by atoms with E-state index in [9.17, 15) is 9.59 Å². The van der Waals surface area contributed by atoms with E-state index in [1.54, 1.807) is 0 Å². The van der Waals surface area contributed by atoms with Crippen molar-refractivity contribution < 1.29 is 19.1 Å². The number of carbonyl (C=O) groups is 2. The third kappa shape index (κ3) is 7.44. The monoisotopic (exact) mass is 553 g/mol. The van der Waals surface area contributed by atoms with Crippen molar-refractivity contribution in [2.24, 2.45) is 4.99 Å². The lowest BCUT2D eigenvalue weighted by molar-refractivity contribution is -0.155. The summed E-state index contributed by atoms with van der Waals surface area (Å²) in [5.41, 5.74) is 6.23. The first-order chi connectivity index (χ1) is 18.1. The zero-order chi connectivity index (χ0) is 28.6. The van der Waals surface area contributed by atoms with Gasteiger partial charge in [0.2, 0.25) is 0 Å². The maximum absolute atomic E-state index is 13.5. The predicted octanol–water partition coefficient (Wildman–Crippen LogP) is 5.66. The van der Waals surface area contributed by atoms with Gasteiger partial charge in [-0.1, -0.05) is 17.8 Å². The summed E-state index contributed by atoms with van der Waals surface area (Å²) >= 11 is 1.48. The van der Waals surface area contributed by atoms with Gasteiger partial charge in [-0.25, -0.2) is 14.8 Å². The summed E-state index contributed by atoms with van der Waals surface area (Å²) in [6, 6.07) is 11.4. The number of aliphatic imine (C=N–C) groups is 1. The van der Waals surface area contributed by atoms with E-state index in [0.29, 0.717) is 48.8 Å². The standard InChI is InChI=1S/C29H39N5O4S/c1-27(2,3)37-25(35)22-23-20(11-12-21(32-23)39-19-10-8-9-18(30)17-19)31-24(22)34-15-13-29(7,14-16-34)33-26(36)38-28(4,5)6/h8-12,17,22H,13-16,30H2,1-7H3,(H,33,36). The van der Waals surface area contributed by atoms with Crippen LogP contribution in [-0.2, 0) is 14.3 Å². The predicted molar refractivity (Wildman–Crippen MR) is 153 cm³/mol. The molecular formula is C29H39N5O4S. The van der Waals surface area contributed by atoms with Crippen LogP contribution in [0.5, 0.6) is 0 Å². The lowest BCUT2D eigenvalue weighted by Gasteiger charge is -2.41. The van der Waals surface area contributed by atoms with Gasteiger partial charge < -0.3 is 25.4 Å². The number of piperidine rings is 1. The number of amidine groups is 1. The fourth-order valence-electron chi connectivity index (χ4n) is 4.56. The molecule has 2 aromatic rings. The summed E-state index contributed by atoms with van der Waals surface area (Å²) in [6.07, 6.45) is 0.921. The van der Waals surface area contributed by atoms with Crippen molar-refractivity contribution in [3.8, 4) is 0 Å². The second kappa shape index (κ2) is 10.7. The molecule has 0 aliphatic carbocycles. The van der Waals surface area contributed by atoms with E-state index in [1.165, 1.54) is 11.8 Å². The summed E-state index contributed by atoms with van der Waals surface area (Å²) in [6.45, 7) is 14.3. The molecule has 1 fully saturated rings. The van der Waals surface area contributed by atoms with Gasteiger partial charge in [0.15, 0.2) is 5.92 Å². The zero-order valence-electron chi connectivity index (χ0n) is 23.8. The van der Waals surface area contributed by atoms with E-state index in [4.69, 9.17) is 25.2 Å². The lowest BCUT2D eigenvalue weighted by atomic mass is 9.89. The second-order valence-corrected chi connectivity index (χ2v) is 13.4. The van der Waals surface area contributed by atoms with Crippen molar-refractivity contribution >= 4 is 41.0 Å². The highest BCUT2D eigenvalue weighted by atomic mass is 32.2. The van der Waals surface area contributed by atoms with E-state index in [2.05, 4.69) is 10.2 Å². The molecule has 0 radical (unpaired) electrons. The van der Waals surface area contributed by atoms with E-state index >= 15 is 0 Å². The first-order valence-electron chi connectivity index (χ1n) is 13.2. The quantitative estimate of drug-likeness (QED) is 0.368.